The molecule has 0 aliphatic rings. The van der Waals surface area contributed by atoms with Crippen LogP contribution in [0.4, 0.5) is 18.9 Å². The van der Waals surface area contributed by atoms with Crippen molar-refractivity contribution in [2.24, 2.45) is 0 Å². The van der Waals surface area contributed by atoms with Gasteiger partial charge in [0.1, 0.15) is 11.5 Å². The van der Waals surface area contributed by atoms with Crippen LogP contribution in [0.2, 0.25) is 0 Å². The molecular weight excluding hydrogens is 373 g/mol. The molecule has 2 aromatic carbocycles. The van der Waals surface area contributed by atoms with Gasteiger partial charge in [-0.15, -0.1) is 0 Å². The Hall–Kier alpha value is -3.29. The molecule has 5 nitrogen and oxygen atoms in total. The fourth-order valence-corrected chi connectivity index (χ4v) is 2.66. The number of carbonyl (C=O) groups excluding carboxylic acids is 1. The first-order valence-corrected chi connectivity index (χ1v) is 8.42. The van der Waals surface area contributed by atoms with Crippen LogP contribution in [0, 0.1) is 0 Å². The molecule has 146 valence electrons. The number of nitrogens with zero attached hydrogens (tertiary/aromatic N) is 1. The second kappa shape index (κ2) is 7.75. The maximum atomic E-state index is 12.5. The van der Waals surface area contributed by atoms with E-state index < -0.39 is 12.1 Å². The molecule has 0 saturated carbocycles. The van der Waals surface area contributed by atoms with Gasteiger partial charge in [0.2, 0.25) is 0 Å². The molecule has 8 heteroatoms. The van der Waals surface area contributed by atoms with Gasteiger partial charge in [-0.25, -0.2) is 4.98 Å². The van der Waals surface area contributed by atoms with Crippen LogP contribution in [0.5, 0.6) is 11.5 Å². The van der Waals surface area contributed by atoms with Gasteiger partial charge < -0.3 is 14.8 Å². The molecule has 0 fully saturated rings. The number of fused-ring (bicyclic) bond motifs is 1. The minimum absolute atomic E-state index is 0.00905. The van der Waals surface area contributed by atoms with Gasteiger partial charge in [-0.2, -0.15) is 13.2 Å². The second-order valence-corrected chi connectivity index (χ2v) is 5.85. The summed E-state index contributed by atoms with van der Waals surface area (Å²) in [4.78, 5) is 15.7. The fraction of sp³-hybridized carbons (Fsp3) is 0.200. The number of hydrogen-bond acceptors (Lipinski definition) is 4. The summed E-state index contributed by atoms with van der Waals surface area (Å²) in [6.07, 6.45) is -4.96. The Morgan fingerprint density at radius 1 is 1.11 bits per heavy atom. The van der Waals surface area contributed by atoms with Crippen LogP contribution in [0.25, 0.3) is 22.2 Å². The summed E-state index contributed by atoms with van der Waals surface area (Å²) < 4.78 is 48.3. The largest absolute Gasteiger partial charge is 0.497 e. The number of alkyl halides is 3. The third-order valence-electron chi connectivity index (χ3n) is 3.97. The molecule has 0 aliphatic carbocycles. The minimum atomic E-state index is -4.96. The van der Waals surface area contributed by atoms with Crippen molar-refractivity contribution in [3.63, 3.8) is 0 Å². The molecular formula is C20H17F3N2O3. The van der Waals surface area contributed by atoms with Gasteiger partial charge in [0, 0.05) is 22.7 Å². The Morgan fingerprint density at radius 3 is 2.43 bits per heavy atom. The van der Waals surface area contributed by atoms with Crippen molar-refractivity contribution in [1.82, 2.24) is 4.98 Å². The standard InChI is InChI=1S/C20H17F3N2O3/c1-3-28-18-11-17(12-4-7-14(27-2)8-5-12)25-16-9-6-13(10-15(16)18)24-19(26)20(21,22)23/h4-11H,3H2,1-2H3,(H,24,26). The average Bonchev–Trinajstić information content (AvgIpc) is 2.67. The molecule has 3 rings (SSSR count). The molecule has 28 heavy (non-hydrogen) atoms. The van der Waals surface area contributed by atoms with E-state index in [9.17, 15) is 18.0 Å². The van der Waals surface area contributed by atoms with Gasteiger partial charge in [0.25, 0.3) is 0 Å². The van der Waals surface area contributed by atoms with E-state index in [0.717, 1.165) is 5.56 Å². The Bertz CT molecular complexity index is 1000. The molecule has 1 aromatic heterocycles. The number of methoxy groups -OCH3 is 1. The van der Waals surface area contributed by atoms with E-state index in [2.05, 4.69) is 4.98 Å². The average molecular weight is 390 g/mol. The van der Waals surface area contributed by atoms with E-state index in [1.807, 2.05) is 17.4 Å². The molecule has 3 aromatic rings. The predicted molar refractivity (Wildman–Crippen MR) is 99.6 cm³/mol. The monoisotopic (exact) mass is 390 g/mol. The summed E-state index contributed by atoms with van der Waals surface area (Å²) in [6.45, 7) is 2.16. The number of rotatable bonds is 5. The van der Waals surface area contributed by atoms with Gasteiger partial charge in [-0.1, -0.05) is 0 Å². The first kappa shape index (κ1) is 19.5. The number of anilines is 1. The first-order chi connectivity index (χ1) is 13.3. The van der Waals surface area contributed by atoms with Crippen molar-refractivity contribution in [2.45, 2.75) is 13.1 Å². The number of hydrogen-bond donors (Lipinski definition) is 1. The Labute approximate surface area is 159 Å². The van der Waals surface area contributed by atoms with Crippen LogP contribution < -0.4 is 14.8 Å². The summed E-state index contributed by atoms with van der Waals surface area (Å²) in [5, 5.41) is 2.34. The van der Waals surface area contributed by atoms with Crippen molar-refractivity contribution in [3.05, 3.63) is 48.5 Å². The van der Waals surface area contributed by atoms with Gasteiger partial charge in [0.15, 0.2) is 0 Å². The van der Waals surface area contributed by atoms with Crippen LogP contribution in [0.1, 0.15) is 6.92 Å². The summed E-state index contributed by atoms with van der Waals surface area (Å²) in [5.41, 5.74) is 2.01. The number of benzene rings is 2. The van der Waals surface area contributed by atoms with E-state index in [1.54, 1.807) is 32.2 Å². The van der Waals surface area contributed by atoms with Crippen molar-refractivity contribution >= 4 is 22.5 Å². The Morgan fingerprint density at radius 2 is 1.82 bits per heavy atom. The van der Waals surface area contributed by atoms with Gasteiger partial charge in [-0.05, 0) is 49.4 Å². The topological polar surface area (TPSA) is 60.5 Å². The van der Waals surface area contributed by atoms with E-state index >= 15 is 0 Å². The zero-order chi connectivity index (χ0) is 20.3. The number of ether oxygens (including phenoxy) is 2. The molecule has 0 unspecified atom stereocenters. The Balaban J connectivity index is 2.03. The predicted octanol–water partition coefficient (Wildman–Crippen LogP) is 4.81. The number of carbonyl (C=O) groups is 1. The highest BCUT2D eigenvalue weighted by atomic mass is 19.4. The smallest absolute Gasteiger partial charge is 0.471 e. The highest BCUT2D eigenvalue weighted by Crippen LogP contribution is 2.33. The van der Waals surface area contributed by atoms with Crippen LogP contribution in [-0.2, 0) is 4.79 Å². The minimum Gasteiger partial charge on any atom is -0.497 e. The molecule has 0 saturated heterocycles. The Kier molecular flexibility index (Phi) is 5.39. The van der Waals surface area contributed by atoms with Crippen molar-refractivity contribution in [1.29, 1.82) is 0 Å². The van der Waals surface area contributed by atoms with Gasteiger partial charge in [-0.3, -0.25) is 4.79 Å². The molecule has 0 radical (unpaired) electrons. The third kappa shape index (κ3) is 4.16. The molecule has 1 heterocycles. The van der Waals surface area contributed by atoms with Gasteiger partial charge >= 0.3 is 12.1 Å². The summed E-state index contributed by atoms with van der Waals surface area (Å²) >= 11 is 0. The molecule has 0 atom stereocenters. The number of pyridine rings is 1. The number of halogens is 3. The molecule has 1 N–H and O–H groups in total. The summed E-state index contributed by atoms with van der Waals surface area (Å²) in [6, 6.07) is 13.3. The maximum Gasteiger partial charge on any atom is 0.471 e. The lowest BCUT2D eigenvalue weighted by Gasteiger charge is -2.13. The lowest BCUT2D eigenvalue weighted by Crippen LogP contribution is -2.29. The number of nitrogens with one attached hydrogen (secondary N) is 1. The lowest BCUT2D eigenvalue weighted by atomic mass is 10.1. The molecule has 1 amide bonds. The second-order valence-electron chi connectivity index (χ2n) is 5.85. The van der Waals surface area contributed by atoms with Crippen LogP contribution in [0.15, 0.2) is 48.5 Å². The zero-order valence-corrected chi connectivity index (χ0v) is 15.1. The first-order valence-electron chi connectivity index (χ1n) is 8.42. The molecule has 0 bridgehead atoms. The van der Waals surface area contributed by atoms with Crippen molar-refractivity contribution in [2.75, 3.05) is 19.0 Å². The van der Waals surface area contributed by atoms with Crippen molar-refractivity contribution in [3.8, 4) is 22.8 Å². The van der Waals surface area contributed by atoms with E-state index in [-0.39, 0.29) is 5.69 Å². The fourth-order valence-electron chi connectivity index (χ4n) is 2.66. The van der Waals surface area contributed by atoms with E-state index in [4.69, 9.17) is 9.47 Å². The summed E-state index contributed by atoms with van der Waals surface area (Å²) in [5.74, 6) is -0.867. The van der Waals surface area contributed by atoms with Crippen LogP contribution in [0.3, 0.4) is 0 Å². The van der Waals surface area contributed by atoms with Crippen LogP contribution in [-0.4, -0.2) is 30.8 Å². The maximum absolute atomic E-state index is 12.5. The third-order valence-corrected chi connectivity index (χ3v) is 3.97. The van der Waals surface area contributed by atoms with Crippen LogP contribution >= 0.6 is 0 Å². The van der Waals surface area contributed by atoms with E-state index in [1.165, 1.54) is 18.2 Å². The summed E-state index contributed by atoms with van der Waals surface area (Å²) in [7, 11) is 1.58. The highest BCUT2D eigenvalue weighted by Gasteiger charge is 2.38. The number of aromatic nitrogens is 1. The lowest BCUT2D eigenvalue weighted by molar-refractivity contribution is -0.167. The van der Waals surface area contributed by atoms with Gasteiger partial charge in [0.05, 0.1) is 24.9 Å². The molecule has 0 spiro atoms. The normalized spacial score (nSPS) is 11.3. The molecule has 0 aliphatic heterocycles. The quantitative estimate of drug-likeness (QED) is 0.679. The zero-order valence-electron chi connectivity index (χ0n) is 15.1. The van der Waals surface area contributed by atoms with E-state index in [0.29, 0.717) is 34.7 Å². The number of amides is 1. The SMILES string of the molecule is CCOc1cc(-c2ccc(OC)cc2)nc2ccc(NC(=O)C(F)(F)F)cc12. The van der Waals surface area contributed by atoms with Crippen molar-refractivity contribution < 1.29 is 27.4 Å². The highest BCUT2D eigenvalue weighted by molar-refractivity contribution is 5.98.